The van der Waals surface area contributed by atoms with Crippen molar-refractivity contribution in [3.05, 3.63) is 30.3 Å². The minimum absolute atomic E-state index is 0.0887. The lowest BCUT2D eigenvalue weighted by molar-refractivity contribution is -0.157. The van der Waals surface area contributed by atoms with Crippen molar-refractivity contribution in [3.8, 4) is 11.5 Å². The molecule has 2 aromatic carbocycles. The summed E-state index contributed by atoms with van der Waals surface area (Å²) in [5, 5.41) is 3.39. The highest BCUT2D eigenvalue weighted by atomic mass is 16.6. The second-order valence-corrected chi connectivity index (χ2v) is 10.8. The monoisotopic (exact) mass is 557 g/mol. The average molecular weight is 558 g/mol. The highest BCUT2D eigenvalue weighted by Crippen LogP contribution is 2.41. The molecule has 1 aliphatic heterocycles. The number of hydrogen-bond acceptors (Lipinski definition) is 10. The molecule has 0 aliphatic carbocycles. The molecule has 1 aliphatic rings. The number of nitrogens with two attached hydrogens (primary N) is 2. The van der Waals surface area contributed by atoms with Gasteiger partial charge in [0.1, 0.15) is 17.1 Å². The number of hydrogen-bond donors (Lipinski definition) is 3. The summed E-state index contributed by atoms with van der Waals surface area (Å²) in [5.74, 6) is 0.289. The molecule has 1 heterocycles. The van der Waals surface area contributed by atoms with Gasteiger partial charge in [0.05, 0.1) is 34.5 Å². The fourth-order valence-corrected chi connectivity index (χ4v) is 4.20. The van der Waals surface area contributed by atoms with E-state index in [1.807, 2.05) is 11.8 Å². The number of nitrogens with zero attached hydrogens (tertiary/aromatic N) is 2. The summed E-state index contributed by atoms with van der Waals surface area (Å²) in [5.41, 5.74) is 15.4. The van der Waals surface area contributed by atoms with Crippen molar-refractivity contribution in [2.24, 2.45) is 0 Å². The predicted molar refractivity (Wildman–Crippen MR) is 157 cm³/mol. The summed E-state index contributed by atoms with van der Waals surface area (Å²) in [6.45, 7) is 8.85. The van der Waals surface area contributed by atoms with E-state index in [0.717, 1.165) is 19.4 Å². The molecule has 1 fully saturated rings. The van der Waals surface area contributed by atoms with Crippen molar-refractivity contribution in [1.29, 1.82) is 0 Å². The SMILES string of the molecule is CCN(c1cc(OCC(=O)N(C)C)ccc1N)c1cc(OCC(=O)OC(C)(C)C)cc(NC[C@@H]2CCCO2)c1N. The lowest BCUT2D eigenvalue weighted by Gasteiger charge is -2.28. The zero-order valence-electron chi connectivity index (χ0n) is 24.4. The van der Waals surface area contributed by atoms with Crippen molar-refractivity contribution in [3.63, 3.8) is 0 Å². The van der Waals surface area contributed by atoms with Gasteiger partial charge in [0.25, 0.3) is 5.91 Å². The van der Waals surface area contributed by atoms with E-state index in [4.69, 9.17) is 30.4 Å². The first kappa shape index (κ1) is 30.7. The molecule has 1 amide bonds. The summed E-state index contributed by atoms with van der Waals surface area (Å²) in [6.07, 6.45) is 2.08. The molecule has 0 bridgehead atoms. The first-order valence-corrected chi connectivity index (χ1v) is 13.5. The zero-order chi connectivity index (χ0) is 29.4. The fraction of sp³-hybridized carbons (Fsp3) is 0.517. The van der Waals surface area contributed by atoms with Gasteiger partial charge in [0, 0.05) is 52.0 Å². The number of esters is 1. The maximum Gasteiger partial charge on any atom is 0.344 e. The molecule has 0 saturated carbocycles. The predicted octanol–water partition coefficient (Wildman–Crippen LogP) is 3.79. The molecule has 11 nitrogen and oxygen atoms in total. The highest BCUT2D eigenvalue weighted by molar-refractivity contribution is 5.89. The van der Waals surface area contributed by atoms with Crippen molar-refractivity contribution in [2.75, 3.05) is 68.7 Å². The summed E-state index contributed by atoms with van der Waals surface area (Å²) >= 11 is 0. The number of carbonyl (C=O) groups excluding carboxylic acids is 2. The molecule has 2 aromatic rings. The number of nitrogen functional groups attached to an aromatic ring is 2. The van der Waals surface area contributed by atoms with E-state index in [0.29, 0.717) is 53.0 Å². The van der Waals surface area contributed by atoms with E-state index in [-0.39, 0.29) is 25.2 Å². The number of carbonyl (C=O) groups is 2. The van der Waals surface area contributed by atoms with Crippen LogP contribution >= 0.6 is 0 Å². The lowest BCUT2D eigenvalue weighted by Crippen LogP contribution is -2.27. The maximum absolute atomic E-state index is 12.3. The van der Waals surface area contributed by atoms with E-state index >= 15 is 0 Å². The molecule has 0 unspecified atom stereocenters. The molecule has 11 heteroatoms. The first-order valence-electron chi connectivity index (χ1n) is 13.5. The minimum atomic E-state index is -0.624. The summed E-state index contributed by atoms with van der Waals surface area (Å²) in [7, 11) is 3.34. The maximum atomic E-state index is 12.3. The van der Waals surface area contributed by atoms with Gasteiger partial charge in [0.15, 0.2) is 13.2 Å². The largest absolute Gasteiger partial charge is 0.484 e. The molecule has 0 radical (unpaired) electrons. The van der Waals surface area contributed by atoms with Crippen LogP contribution in [0.4, 0.5) is 28.4 Å². The normalized spacial score (nSPS) is 14.9. The molecule has 1 atom stereocenters. The van der Waals surface area contributed by atoms with Gasteiger partial charge < -0.3 is 45.5 Å². The average Bonchev–Trinajstić information content (AvgIpc) is 3.41. The molecule has 40 heavy (non-hydrogen) atoms. The van der Waals surface area contributed by atoms with Gasteiger partial charge in [-0.15, -0.1) is 0 Å². The Morgan fingerprint density at radius 1 is 1.05 bits per heavy atom. The van der Waals surface area contributed by atoms with E-state index in [1.165, 1.54) is 4.90 Å². The quantitative estimate of drug-likeness (QED) is 0.261. The standard InChI is InChI=1S/C29H43N5O6/c1-7-34(24-14-19(10-11-22(24)30)38-17-26(35)33(5)6)25-15-21(39-18-27(36)40-29(2,3)4)13-23(28(25)31)32-16-20-9-8-12-37-20/h10-11,13-15,20,32H,7-9,12,16-18,30-31H2,1-6H3/t20-/m0/s1. The third-order valence-electron chi connectivity index (χ3n) is 6.21. The van der Waals surface area contributed by atoms with Crippen LogP contribution in [-0.4, -0.2) is 75.5 Å². The lowest BCUT2D eigenvalue weighted by atomic mass is 10.1. The summed E-state index contributed by atoms with van der Waals surface area (Å²) < 4.78 is 22.7. The molecule has 220 valence electrons. The van der Waals surface area contributed by atoms with Gasteiger partial charge >= 0.3 is 5.97 Å². The fourth-order valence-electron chi connectivity index (χ4n) is 4.20. The zero-order valence-corrected chi connectivity index (χ0v) is 24.4. The Balaban J connectivity index is 1.93. The van der Waals surface area contributed by atoms with Crippen LogP contribution in [0.2, 0.25) is 0 Å². The minimum Gasteiger partial charge on any atom is -0.484 e. The third-order valence-corrected chi connectivity index (χ3v) is 6.21. The van der Waals surface area contributed by atoms with Gasteiger partial charge in [-0.25, -0.2) is 4.79 Å². The molecule has 1 saturated heterocycles. The Labute approximate surface area is 236 Å². The number of amides is 1. The van der Waals surface area contributed by atoms with Crippen LogP contribution in [0.25, 0.3) is 0 Å². The number of ether oxygens (including phenoxy) is 4. The van der Waals surface area contributed by atoms with Crippen LogP contribution in [0, 0.1) is 0 Å². The van der Waals surface area contributed by atoms with E-state index in [1.54, 1.807) is 65.2 Å². The van der Waals surface area contributed by atoms with Crippen molar-refractivity contribution < 1.29 is 28.5 Å². The first-order chi connectivity index (χ1) is 18.9. The smallest absolute Gasteiger partial charge is 0.344 e. The Kier molecular flexibility index (Phi) is 10.3. The van der Waals surface area contributed by atoms with Crippen LogP contribution in [0.1, 0.15) is 40.5 Å². The number of rotatable bonds is 12. The Morgan fingerprint density at radius 2 is 1.75 bits per heavy atom. The topological polar surface area (TPSA) is 142 Å². The Hall–Kier alpha value is -3.86. The van der Waals surface area contributed by atoms with Crippen LogP contribution < -0.4 is 31.2 Å². The molecule has 5 N–H and O–H groups in total. The number of nitrogens with one attached hydrogen (secondary N) is 1. The van der Waals surface area contributed by atoms with Gasteiger partial charge in [-0.3, -0.25) is 4.79 Å². The van der Waals surface area contributed by atoms with Gasteiger partial charge in [-0.2, -0.15) is 0 Å². The molecule has 0 aromatic heterocycles. The van der Waals surface area contributed by atoms with E-state index in [9.17, 15) is 9.59 Å². The van der Waals surface area contributed by atoms with Gasteiger partial charge in [-0.05, 0) is 52.7 Å². The molecule has 3 rings (SSSR count). The third kappa shape index (κ3) is 8.57. The van der Waals surface area contributed by atoms with Crippen molar-refractivity contribution >= 4 is 40.3 Å². The summed E-state index contributed by atoms with van der Waals surface area (Å²) in [4.78, 5) is 27.8. The Bertz CT molecular complexity index is 1170. The summed E-state index contributed by atoms with van der Waals surface area (Å²) in [6, 6.07) is 8.75. The molecular weight excluding hydrogens is 514 g/mol. The second-order valence-electron chi connectivity index (χ2n) is 10.8. The number of benzene rings is 2. The van der Waals surface area contributed by atoms with Crippen LogP contribution in [0.5, 0.6) is 11.5 Å². The van der Waals surface area contributed by atoms with Gasteiger partial charge in [-0.1, -0.05) is 0 Å². The number of anilines is 5. The molecular formula is C29H43N5O6. The van der Waals surface area contributed by atoms with E-state index < -0.39 is 11.6 Å². The van der Waals surface area contributed by atoms with Gasteiger partial charge in [0.2, 0.25) is 0 Å². The van der Waals surface area contributed by atoms with E-state index in [2.05, 4.69) is 5.32 Å². The number of likely N-dealkylation sites (N-methyl/N-ethyl adjacent to an activating group) is 1. The van der Waals surface area contributed by atoms with Crippen LogP contribution in [0.15, 0.2) is 30.3 Å². The molecule has 0 spiro atoms. The van der Waals surface area contributed by atoms with Crippen LogP contribution in [-0.2, 0) is 19.1 Å². The second kappa shape index (κ2) is 13.5. The van der Waals surface area contributed by atoms with Crippen molar-refractivity contribution in [1.82, 2.24) is 4.90 Å². The van der Waals surface area contributed by atoms with Crippen molar-refractivity contribution in [2.45, 2.75) is 52.2 Å². The van der Waals surface area contributed by atoms with Crippen LogP contribution in [0.3, 0.4) is 0 Å². The highest BCUT2D eigenvalue weighted by Gasteiger charge is 2.22. The Morgan fingerprint density at radius 3 is 2.38 bits per heavy atom.